The van der Waals surface area contributed by atoms with Crippen LogP contribution in [-0.2, 0) is 30.8 Å². The van der Waals surface area contributed by atoms with Crippen molar-refractivity contribution >= 4 is 39.2 Å². The van der Waals surface area contributed by atoms with E-state index in [0.29, 0.717) is 47.5 Å². The average Bonchev–Trinajstić information content (AvgIpc) is 3.14. The highest BCUT2D eigenvalue weighted by Crippen LogP contribution is 2.28. The zero-order chi connectivity index (χ0) is 32.1. The average molecular weight is 630 g/mol. The molecule has 0 saturated heterocycles. The van der Waals surface area contributed by atoms with E-state index < -0.39 is 44.8 Å². The van der Waals surface area contributed by atoms with Gasteiger partial charge in [0.15, 0.2) is 5.76 Å². The summed E-state index contributed by atoms with van der Waals surface area (Å²) in [6.45, 7) is 7.23. The number of ether oxygens (including phenoxy) is 1. The summed E-state index contributed by atoms with van der Waals surface area (Å²) in [7, 11) is -3.83. The number of sulfonamides is 1. The summed E-state index contributed by atoms with van der Waals surface area (Å²) in [4.78, 5) is 29.7. The van der Waals surface area contributed by atoms with Crippen molar-refractivity contribution in [2.45, 2.75) is 89.5 Å². The first kappa shape index (κ1) is 33.1. The molecule has 0 bridgehead atoms. The number of anilines is 1. The molecule has 1 heterocycles. The molecule has 1 fully saturated rings. The highest BCUT2D eigenvalue weighted by atomic mass is 32.2. The standard InChI is InChI=1S/C32H40FN3O7S/c1-20-10-17-28(22-12-14-23(15-13-22)34-31(39)42-32(2,3)4)43-35-29(20)25-16-11-21(18-26(25)33)19-27(30(37)38)36-44(40,41)24-8-6-5-7-9-24/h11-18,20,24,27,36H,5-10,19H2,1-4H3,(H,34,39)(H,37,38). The van der Waals surface area contributed by atoms with Crippen LogP contribution in [0.15, 0.2) is 53.7 Å². The quantitative estimate of drug-likeness (QED) is 0.299. The first-order valence-corrected chi connectivity index (χ1v) is 16.3. The van der Waals surface area contributed by atoms with Crippen LogP contribution in [-0.4, -0.2) is 48.2 Å². The predicted molar refractivity (Wildman–Crippen MR) is 166 cm³/mol. The lowest BCUT2D eigenvalue weighted by Crippen LogP contribution is -2.46. The maximum Gasteiger partial charge on any atom is 0.412 e. The molecule has 2 atom stereocenters. The Hall–Kier alpha value is -3.77. The largest absolute Gasteiger partial charge is 0.480 e. The predicted octanol–water partition coefficient (Wildman–Crippen LogP) is 6.22. The second kappa shape index (κ2) is 13.9. The zero-order valence-corrected chi connectivity index (χ0v) is 26.2. The van der Waals surface area contributed by atoms with Crippen LogP contribution in [0.3, 0.4) is 0 Å². The molecule has 4 rings (SSSR count). The van der Waals surface area contributed by atoms with Gasteiger partial charge >= 0.3 is 12.1 Å². The molecule has 1 aliphatic heterocycles. The summed E-state index contributed by atoms with van der Waals surface area (Å²) in [6, 6.07) is 9.84. The molecule has 3 N–H and O–H groups in total. The van der Waals surface area contributed by atoms with E-state index in [9.17, 15) is 23.1 Å². The molecule has 0 radical (unpaired) electrons. The third-order valence-corrected chi connectivity index (χ3v) is 9.49. The molecule has 10 nitrogen and oxygen atoms in total. The van der Waals surface area contributed by atoms with Crippen molar-refractivity contribution in [3.63, 3.8) is 0 Å². The highest BCUT2D eigenvalue weighted by Gasteiger charge is 2.32. The Kier molecular flexibility index (Phi) is 10.5. The van der Waals surface area contributed by atoms with Crippen LogP contribution in [0.5, 0.6) is 0 Å². The number of carbonyl (C=O) groups excluding carboxylic acids is 1. The van der Waals surface area contributed by atoms with E-state index in [1.165, 1.54) is 12.1 Å². The van der Waals surface area contributed by atoms with Crippen LogP contribution in [0.4, 0.5) is 14.9 Å². The molecule has 238 valence electrons. The number of oxime groups is 1. The Morgan fingerprint density at radius 3 is 2.41 bits per heavy atom. The van der Waals surface area contributed by atoms with E-state index in [0.717, 1.165) is 19.3 Å². The molecular weight excluding hydrogens is 589 g/mol. The molecule has 1 aliphatic carbocycles. The number of carbonyl (C=O) groups is 2. The monoisotopic (exact) mass is 629 g/mol. The van der Waals surface area contributed by atoms with Gasteiger partial charge < -0.3 is 14.7 Å². The fourth-order valence-electron chi connectivity index (χ4n) is 5.22. The third kappa shape index (κ3) is 8.88. The van der Waals surface area contributed by atoms with E-state index in [2.05, 4.69) is 15.2 Å². The molecule has 2 aromatic rings. The van der Waals surface area contributed by atoms with Crippen molar-refractivity contribution in [2.24, 2.45) is 11.1 Å². The third-order valence-electron chi connectivity index (χ3n) is 7.53. The topological polar surface area (TPSA) is 143 Å². The van der Waals surface area contributed by atoms with Gasteiger partial charge in [0, 0.05) is 22.7 Å². The lowest BCUT2D eigenvalue weighted by Gasteiger charge is -2.24. The second-order valence-corrected chi connectivity index (χ2v) is 14.3. The van der Waals surface area contributed by atoms with Crippen molar-refractivity contribution in [1.29, 1.82) is 0 Å². The van der Waals surface area contributed by atoms with E-state index >= 15 is 4.39 Å². The normalized spacial score (nSPS) is 18.7. The molecule has 12 heteroatoms. The Bertz CT molecular complexity index is 1530. The van der Waals surface area contributed by atoms with Crippen molar-refractivity contribution in [3.8, 4) is 0 Å². The fraction of sp³-hybridized carbons (Fsp3) is 0.469. The van der Waals surface area contributed by atoms with E-state index in [1.807, 2.05) is 13.0 Å². The molecule has 44 heavy (non-hydrogen) atoms. The lowest BCUT2D eigenvalue weighted by molar-refractivity contribution is -0.138. The second-order valence-electron chi connectivity index (χ2n) is 12.3. The summed E-state index contributed by atoms with van der Waals surface area (Å²) < 4.78 is 48.6. The van der Waals surface area contributed by atoms with Crippen LogP contribution < -0.4 is 10.0 Å². The van der Waals surface area contributed by atoms with Gasteiger partial charge in [-0.1, -0.05) is 37.4 Å². The first-order chi connectivity index (χ1) is 20.7. The number of nitrogens with one attached hydrogen (secondary N) is 2. The maximum absolute atomic E-state index is 15.4. The number of rotatable bonds is 9. The number of hydrogen-bond acceptors (Lipinski definition) is 7. The summed E-state index contributed by atoms with van der Waals surface area (Å²) in [5.41, 5.74) is 1.57. The van der Waals surface area contributed by atoms with Crippen molar-refractivity contribution in [1.82, 2.24) is 4.72 Å². The SMILES string of the molecule is CC1CC=C(c2ccc(NC(=O)OC(C)(C)C)cc2)ON=C1c1ccc(CC(NS(=O)(=O)C2CCCCC2)C(=O)O)cc1F. The van der Waals surface area contributed by atoms with Crippen molar-refractivity contribution in [2.75, 3.05) is 5.32 Å². The Balaban J connectivity index is 1.44. The van der Waals surface area contributed by atoms with E-state index in [-0.39, 0.29) is 17.9 Å². The molecule has 2 aliphatic rings. The zero-order valence-electron chi connectivity index (χ0n) is 25.4. The number of nitrogens with zero attached hydrogens (tertiary/aromatic N) is 1. The Morgan fingerprint density at radius 2 is 1.80 bits per heavy atom. The molecule has 1 saturated carbocycles. The van der Waals surface area contributed by atoms with Crippen LogP contribution in [0.1, 0.15) is 82.9 Å². The van der Waals surface area contributed by atoms with Gasteiger partial charge in [0.1, 0.15) is 17.5 Å². The van der Waals surface area contributed by atoms with Gasteiger partial charge in [0.2, 0.25) is 10.0 Å². The smallest absolute Gasteiger partial charge is 0.412 e. The molecule has 2 aromatic carbocycles. The van der Waals surface area contributed by atoms with Gasteiger partial charge in [-0.3, -0.25) is 10.1 Å². The van der Waals surface area contributed by atoms with Gasteiger partial charge in [-0.25, -0.2) is 22.3 Å². The highest BCUT2D eigenvalue weighted by molar-refractivity contribution is 7.90. The van der Waals surface area contributed by atoms with Crippen LogP contribution in [0.2, 0.25) is 0 Å². The Morgan fingerprint density at radius 1 is 1.11 bits per heavy atom. The number of hydrogen-bond donors (Lipinski definition) is 3. The summed E-state index contributed by atoms with van der Waals surface area (Å²) >= 11 is 0. The van der Waals surface area contributed by atoms with Gasteiger partial charge in [-0.2, -0.15) is 0 Å². The van der Waals surface area contributed by atoms with Crippen LogP contribution in [0.25, 0.3) is 5.76 Å². The number of benzene rings is 2. The summed E-state index contributed by atoms with van der Waals surface area (Å²) in [5, 5.41) is 16.0. The number of halogens is 1. The fourth-order valence-corrected chi connectivity index (χ4v) is 6.95. The van der Waals surface area contributed by atoms with Gasteiger partial charge in [0.25, 0.3) is 0 Å². The van der Waals surface area contributed by atoms with Crippen LogP contribution >= 0.6 is 0 Å². The minimum atomic E-state index is -3.83. The molecule has 2 unspecified atom stereocenters. The number of amides is 1. The minimum absolute atomic E-state index is 0.199. The maximum atomic E-state index is 15.4. The van der Waals surface area contributed by atoms with E-state index in [1.54, 1.807) is 51.1 Å². The molecule has 0 aromatic heterocycles. The summed E-state index contributed by atoms with van der Waals surface area (Å²) in [6.07, 6.45) is 5.15. The van der Waals surface area contributed by atoms with Crippen molar-refractivity contribution < 1.29 is 37.1 Å². The molecule has 1 amide bonds. The first-order valence-electron chi connectivity index (χ1n) is 14.8. The number of aliphatic carboxylic acids is 1. The number of allylic oxidation sites excluding steroid dienone is 1. The van der Waals surface area contributed by atoms with Gasteiger partial charge in [-0.05, 0) is 94.5 Å². The lowest BCUT2D eigenvalue weighted by atomic mass is 9.93. The van der Waals surface area contributed by atoms with Gasteiger partial charge in [0.05, 0.1) is 11.0 Å². The van der Waals surface area contributed by atoms with Gasteiger partial charge in [-0.15, -0.1) is 0 Å². The minimum Gasteiger partial charge on any atom is -0.480 e. The Labute approximate surface area is 257 Å². The molecular formula is C32H40FN3O7S. The number of carboxylic acids is 1. The number of carboxylic acid groups (broad SMARTS) is 1. The van der Waals surface area contributed by atoms with Crippen LogP contribution in [0, 0.1) is 11.7 Å². The van der Waals surface area contributed by atoms with Crippen molar-refractivity contribution in [3.05, 3.63) is 71.0 Å². The molecule has 0 spiro atoms. The summed E-state index contributed by atoms with van der Waals surface area (Å²) in [5.74, 6) is -1.66. The van der Waals surface area contributed by atoms with E-state index in [4.69, 9.17) is 9.57 Å².